The quantitative estimate of drug-likeness (QED) is 0.671. The van der Waals surface area contributed by atoms with Gasteiger partial charge in [-0.15, -0.1) is 0 Å². The Balaban J connectivity index is 2.61. The zero-order valence-corrected chi connectivity index (χ0v) is 12.7. The molecule has 0 saturated heterocycles. The first kappa shape index (κ1) is 16.5. The molecule has 0 bridgehead atoms. The van der Waals surface area contributed by atoms with Crippen molar-refractivity contribution in [3.63, 3.8) is 0 Å². The molecule has 0 heterocycles. The molecule has 0 aliphatic heterocycles. The molecule has 108 valence electrons. The first-order valence-electron chi connectivity index (χ1n) is 6.04. The lowest BCUT2D eigenvalue weighted by molar-refractivity contribution is -0.146. The molecule has 0 spiro atoms. The number of rotatable bonds is 5. The fourth-order valence-electron chi connectivity index (χ4n) is 1.39. The van der Waals surface area contributed by atoms with E-state index in [0.29, 0.717) is 15.6 Å². The Morgan fingerprint density at radius 1 is 1.40 bits per heavy atom. The number of carbonyl (C=O) groups excluding carboxylic acids is 2. The molecule has 1 atom stereocenters. The van der Waals surface area contributed by atoms with E-state index >= 15 is 0 Å². The average molecular weight is 316 g/mol. The van der Waals surface area contributed by atoms with Crippen LogP contribution in [0.5, 0.6) is 0 Å². The summed E-state index contributed by atoms with van der Waals surface area (Å²) >= 11 is 11.7. The minimum atomic E-state index is -0.701. The minimum Gasteiger partial charge on any atom is -0.464 e. The maximum atomic E-state index is 11.6. The van der Waals surface area contributed by atoms with Crippen LogP contribution in [0.15, 0.2) is 24.3 Å². The number of halogens is 2. The monoisotopic (exact) mass is 315 g/mol. The lowest BCUT2D eigenvalue weighted by atomic mass is 10.2. The van der Waals surface area contributed by atoms with Crippen molar-refractivity contribution in [2.45, 2.75) is 19.9 Å². The van der Waals surface area contributed by atoms with E-state index in [4.69, 9.17) is 27.9 Å². The van der Waals surface area contributed by atoms with Crippen LogP contribution in [0.25, 0.3) is 6.08 Å². The third-order valence-electron chi connectivity index (χ3n) is 2.38. The predicted molar refractivity (Wildman–Crippen MR) is 79.7 cm³/mol. The summed E-state index contributed by atoms with van der Waals surface area (Å²) in [6.45, 7) is 3.53. The van der Waals surface area contributed by atoms with Gasteiger partial charge in [-0.1, -0.05) is 29.3 Å². The van der Waals surface area contributed by atoms with Crippen molar-refractivity contribution < 1.29 is 14.3 Å². The normalized spacial score (nSPS) is 12.2. The standard InChI is InChI=1S/C14H15Cl2NO3/c1-3-20-14(19)9(2)17-13(18)7-5-10-4-6-11(15)8-12(10)16/h4-9H,3H2,1-2H3,(H,17,18)/b7-5+/t9-/m0/s1. The Bertz CT molecular complexity index is 529. The molecule has 0 fully saturated rings. The second-order valence-electron chi connectivity index (χ2n) is 3.98. The number of ether oxygens (including phenoxy) is 1. The summed E-state index contributed by atoms with van der Waals surface area (Å²) in [7, 11) is 0. The topological polar surface area (TPSA) is 55.4 Å². The van der Waals surface area contributed by atoms with Gasteiger partial charge in [-0.25, -0.2) is 4.79 Å². The van der Waals surface area contributed by atoms with Crippen molar-refractivity contribution in [2.75, 3.05) is 6.61 Å². The summed E-state index contributed by atoms with van der Waals surface area (Å²) in [4.78, 5) is 23.0. The smallest absolute Gasteiger partial charge is 0.328 e. The van der Waals surface area contributed by atoms with Gasteiger partial charge in [0.2, 0.25) is 5.91 Å². The molecule has 0 saturated carbocycles. The lowest BCUT2D eigenvalue weighted by Crippen LogP contribution is -2.38. The summed E-state index contributed by atoms with van der Waals surface area (Å²) in [5.74, 6) is -0.879. The molecule has 20 heavy (non-hydrogen) atoms. The van der Waals surface area contributed by atoms with E-state index in [1.807, 2.05) is 0 Å². The van der Waals surface area contributed by atoms with Crippen LogP contribution in [-0.2, 0) is 14.3 Å². The second-order valence-corrected chi connectivity index (χ2v) is 4.83. The molecule has 1 N–H and O–H groups in total. The molecule has 1 aromatic carbocycles. The van der Waals surface area contributed by atoms with Crippen molar-refractivity contribution in [3.05, 3.63) is 39.9 Å². The molecule has 6 heteroatoms. The van der Waals surface area contributed by atoms with Crippen LogP contribution in [0, 0.1) is 0 Å². The SMILES string of the molecule is CCOC(=O)[C@H](C)NC(=O)/C=C/c1ccc(Cl)cc1Cl. The second kappa shape index (κ2) is 7.92. The Hall–Kier alpha value is -1.52. The molecule has 1 rings (SSSR count). The number of hydrogen-bond donors (Lipinski definition) is 1. The zero-order valence-electron chi connectivity index (χ0n) is 11.2. The van der Waals surface area contributed by atoms with Gasteiger partial charge in [0, 0.05) is 16.1 Å². The van der Waals surface area contributed by atoms with Gasteiger partial charge in [-0.3, -0.25) is 4.79 Å². The van der Waals surface area contributed by atoms with Crippen molar-refractivity contribution in [3.8, 4) is 0 Å². The van der Waals surface area contributed by atoms with Gasteiger partial charge in [0.1, 0.15) is 6.04 Å². The first-order chi connectivity index (χ1) is 9.43. The highest BCUT2D eigenvalue weighted by Crippen LogP contribution is 2.21. The molecular formula is C14H15Cl2NO3. The molecule has 0 unspecified atom stereocenters. The van der Waals surface area contributed by atoms with Gasteiger partial charge < -0.3 is 10.1 Å². The van der Waals surface area contributed by atoms with Crippen LogP contribution in [0.1, 0.15) is 19.4 Å². The number of nitrogens with one attached hydrogen (secondary N) is 1. The van der Waals surface area contributed by atoms with Crippen LogP contribution in [-0.4, -0.2) is 24.5 Å². The summed E-state index contributed by atoms with van der Waals surface area (Å²) < 4.78 is 4.79. The number of hydrogen-bond acceptors (Lipinski definition) is 3. The molecular weight excluding hydrogens is 301 g/mol. The van der Waals surface area contributed by atoms with Crippen LogP contribution in [0.2, 0.25) is 10.0 Å². The van der Waals surface area contributed by atoms with Gasteiger partial charge in [-0.05, 0) is 37.6 Å². The molecule has 1 aromatic rings. The lowest BCUT2D eigenvalue weighted by Gasteiger charge is -2.10. The van der Waals surface area contributed by atoms with Crippen LogP contribution in [0.3, 0.4) is 0 Å². The Morgan fingerprint density at radius 3 is 2.70 bits per heavy atom. The van der Waals surface area contributed by atoms with Crippen LogP contribution >= 0.6 is 23.2 Å². The molecule has 0 aliphatic rings. The summed E-state index contributed by atoms with van der Waals surface area (Å²) in [6, 6.07) is 4.25. The van der Waals surface area contributed by atoms with Crippen LogP contribution < -0.4 is 5.32 Å². The highest BCUT2D eigenvalue weighted by molar-refractivity contribution is 6.35. The van der Waals surface area contributed by atoms with E-state index in [1.165, 1.54) is 6.08 Å². The van der Waals surface area contributed by atoms with E-state index in [9.17, 15) is 9.59 Å². The van der Waals surface area contributed by atoms with Gasteiger partial charge in [0.05, 0.1) is 6.61 Å². The van der Waals surface area contributed by atoms with Gasteiger partial charge in [-0.2, -0.15) is 0 Å². The van der Waals surface area contributed by atoms with Crippen molar-refractivity contribution >= 4 is 41.2 Å². The third kappa shape index (κ3) is 5.23. The Labute approximate surface area is 127 Å². The van der Waals surface area contributed by atoms with E-state index in [2.05, 4.69) is 5.32 Å². The minimum absolute atomic E-state index is 0.273. The predicted octanol–water partition coefficient (Wildman–Crippen LogP) is 3.07. The largest absolute Gasteiger partial charge is 0.464 e. The summed E-state index contributed by atoms with van der Waals surface area (Å²) in [5.41, 5.74) is 0.662. The molecule has 0 aliphatic carbocycles. The van der Waals surface area contributed by atoms with E-state index in [1.54, 1.807) is 38.1 Å². The van der Waals surface area contributed by atoms with Crippen molar-refractivity contribution in [1.82, 2.24) is 5.32 Å². The van der Waals surface area contributed by atoms with E-state index < -0.39 is 17.9 Å². The van der Waals surface area contributed by atoms with Gasteiger partial charge in [0.25, 0.3) is 0 Å². The van der Waals surface area contributed by atoms with E-state index in [-0.39, 0.29) is 6.61 Å². The van der Waals surface area contributed by atoms with Crippen molar-refractivity contribution in [2.24, 2.45) is 0 Å². The molecule has 1 amide bonds. The maximum Gasteiger partial charge on any atom is 0.328 e. The number of carbonyl (C=O) groups is 2. The Morgan fingerprint density at radius 2 is 2.10 bits per heavy atom. The van der Waals surface area contributed by atoms with Gasteiger partial charge >= 0.3 is 5.97 Å². The average Bonchev–Trinajstić information content (AvgIpc) is 2.37. The highest BCUT2D eigenvalue weighted by Gasteiger charge is 2.14. The summed E-state index contributed by atoms with van der Waals surface area (Å²) in [6.07, 6.45) is 2.84. The molecule has 4 nitrogen and oxygen atoms in total. The van der Waals surface area contributed by atoms with E-state index in [0.717, 1.165) is 0 Å². The fraction of sp³-hybridized carbons (Fsp3) is 0.286. The van der Waals surface area contributed by atoms with Crippen molar-refractivity contribution in [1.29, 1.82) is 0 Å². The first-order valence-corrected chi connectivity index (χ1v) is 6.80. The third-order valence-corrected chi connectivity index (χ3v) is 2.94. The highest BCUT2D eigenvalue weighted by atomic mass is 35.5. The number of esters is 1. The van der Waals surface area contributed by atoms with Crippen LogP contribution in [0.4, 0.5) is 0 Å². The number of amides is 1. The molecule has 0 aromatic heterocycles. The maximum absolute atomic E-state index is 11.6. The summed E-state index contributed by atoms with van der Waals surface area (Å²) in [5, 5.41) is 3.46. The Kier molecular flexibility index (Phi) is 6.55. The zero-order chi connectivity index (χ0) is 15.1. The van der Waals surface area contributed by atoms with Gasteiger partial charge in [0.15, 0.2) is 0 Å². The fourth-order valence-corrected chi connectivity index (χ4v) is 1.86. The molecule has 0 radical (unpaired) electrons. The number of benzene rings is 1.